The number of hydrogen-bond acceptors (Lipinski definition) is 2. The van der Waals surface area contributed by atoms with Crippen molar-refractivity contribution in [3.63, 3.8) is 0 Å². The number of imidazole rings is 1. The summed E-state index contributed by atoms with van der Waals surface area (Å²) in [6, 6.07) is 4.27. The summed E-state index contributed by atoms with van der Waals surface area (Å²) in [6.07, 6.45) is 8.67. The molecule has 2 aromatic rings. The van der Waals surface area contributed by atoms with E-state index in [0.717, 1.165) is 35.1 Å². The van der Waals surface area contributed by atoms with E-state index in [1.54, 1.807) is 0 Å². The molecule has 0 spiro atoms. The number of fused-ring (bicyclic) bond motifs is 1. The highest BCUT2D eigenvalue weighted by molar-refractivity contribution is 9.10. The summed E-state index contributed by atoms with van der Waals surface area (Å²) >= 11 is 3.49. The van der Waals surface area contributed by atoms with Gasteiger partial charge in [-0.05, 0) is 47.3 Å². The van der Waals surface area contributed by atoms with Crippen LogP contribution in [-0.4, -0.2) is 33.3 Å². The largest absolute Gasteiger partial charge is 0.337 e. The minimum Gasteiger partial charge on any atom is -0.337 e. The van der Waals surface area contributed by atoms with Crippen molar-refractivity contribution < 1.29 is 4.79 Å². The molecular weight excluding hydrogens is 342 g/mol. The molecule has 0 atom stereocenters. The van der Waals surface area contributed by atoms with Crippen LogP contribution < -0.4 is 0 Å². The van der Waals surface area contributed by atoms with Crippen LogP contribution in [0.4, 0.5) is 0 Å². The maximum absolute atomic E-state index is 13.1. The molecule has 4 nitrogen and oxygen atoms in total. The fourth-order valence-corrected chi connectivity index (χ4v) is 3.68. The fourth-order valence-electron chi connectivity index (χ4n) is 3.34. The Morgan fingerprint density at radius 2 is 2.09 bits per heavy atom. The first-order chi connectivity index (χ1) is 10.6. The summed E-state index contributed by atoms with van der Waals surface area (Å²) in [5.74, 6) is 0.0920. The molecule has 1 fully saturated rings. The van der Waals surface area contributed by atoms with E-state index in [1.807, 2.05) is 41.6 Å². The van der Waals surface area contributed by atoms with Crippen LogP contribution in [0.2, 0.25) is 0 Å². The fraction of sp³-hybridized carbons (Fsp3) is 0.529. The molecule has 5 heteroatoms. The number of pyridine rings is 1. The van der Waals surface area contributed by atoms with E-state index in [0.29, 0.717) is 11.7 Å². The van der Waals surface area contributed by atoms with Gasteiger partial charge in [0.2, 0.25) is 0 Å². The Balaban J connectivity index is 2.00. The zero-order valence-electron chi connectivity index (χ0n) is 13.2. The third-order valence-electron chi connectivity index (χ3n) is 4.63. The second-order valence-electron chi connectivity index (χ2n) is 6.04. The highest BCUT2D eigenvalue weighted by Crippen LogP contribution is 2.25. The Morgan fingerprint density at radius 1 is 1.36 bits per heavy atom. The van der Waals surface area contributed by atoms with Crippen LogP contribution in [-0.2, 0) is 6.42 Å². The highest BCUT2D eigenvalue weighted by atomic mass is 79.9. The van der Waals surface area contributed by atoms with Crippen molar-refractivity contribution in [1.29, 1.82) is 0 Å². The maximum Gasteiger partial charge on any atom is 0.272 e. The lowest BCUT2D eigenvalue weighted by Gasteiger charge is -2.31. The average molecular weight is 364 g/mol. The number of halogens is 1. The van der Waals surface area contributed by atoms with E-state index in [2.05, 4.69) is 20.9 Å². The number of nitrogens with zero attached hydrogens (tertiary/aromatic N) is 3. The lowest BCUT2D eigenvalue weighted by Crippen LogP contribution is -2.39. The number of carbonyl (C=O) groups excluding carboxylic acids is 1. The van der Waals surface area contributed by atoms with Gasteiger partial charge in [-0.2, -0.15) is 0 Å². The number of rotatable bonds is 3. The van der Waals surface area contributed by atoms with Gasteiger partial charge in [-0.15, -0.1) is 0 Å². The van der Waals surface area contributed by atoms with Gasteiger partial charge >= 0.3 is 0 Å². The van der Waals surface area contributed by atoms with Gasteiger partial charge in [0.1, 0.15) is 11.3 Å². The summed E-state index contributed by atoms with van der Waals surface area (Å²) in [5.41, 5.74) is 2.43. The molecule has 0 radical (unpaired) electrons. The van der Waals surface area contributed by atoms with Gasteiger partial charge in [-0.1, -0.05) is 26.2 Å². The standard InChI is InChI=1S/C17H22BrN3O/c1-3-14-16(21-11-12(18)9-10-15(21)19-14)17(22)20(2)13-7-5-4-6-8-13/h9-11,13H,3-8H2,1-2H3. The van der Waals surface area contributed by atoms with Gasteiger partial charge in [-0.3, -0.25) is 9.20 Å². The van der Waals surface area contributed by atoms with Crippen LogP contribution in [0.15, 0.2) is 22.8 Å². The van der Waals surface area contributed by atoms with Crippen molar-refractivity contribution in [2.24, 2.45) is 0 Å². The van der Waals surface area contributed by atoms with Crippen LogP contribution in [0.3, 0.4) is 0 Å². The molecule has 0 unspecified atom stereocenters. The van der Waals surface area contributed by atoms with E-state index >= 15 is 0 Å². The molecular formula is C17H22BrN3O. The van der Waals surface area contributed by atoms with Gasteiger partial charge in [-0.25, -0.2) is 4.98 Å². The van der Waals surface area contributed by atoms with Crippen LogP contribution in [0.1, 0.15) is 55.2 Å². The Bertz CT molecular complexity index is 689. The van der Waals surface area contributed by atoms with Crippen LogP contribution in [0.5, 0.6) is 0 Å². The zero-order chi connectivity index (χ0) is 15.7. The second-order valence-corrected chi connectivity index (χ2v) is 6.96. The molecule has 0 N–H and O–H groups in total. The van der Waals surface area contributed by atoms with E-state index < -0.39 is 0 Å². The smallest absolute Gasteiger partial charge is 0.272 e. The quantitative estimate of drug-likeness (QED) is 0.824. The van der Waals surface area contributed by atoms with E-state index in [9.17, 15) is 4.79 Å². The summed E-state index contributed by atoms with van der Waals surface area (Å²) in [5, 5.41) is 0. The molecule has 0 bridgehead atoms. The molecule has 1 aliphatic carbocycles. The SMILES string of the molecule is CCc1nc2ccc(Br)cn2c1C(=O)N(C)C1CCCCC1. The van der Waals surface area contributed by atoms with Crippen molar-refractivity contribution >= 4 is 27.5 Å². The molecule has 0 saturated heterocycles. The van der Waals surface area contributed by atoms with E-state index in [1.165, 1.54) is 19.3 Å². The number of carbonyl (C=O) groups is 1. The van der Waals surface area contributed by atoms with Crippen LogP contribution >= 0.6 is 15.9 Å². The van der Waals surface area contributed by atoms with Crippen molar-refractivity contribution in [1.82, 2.24) is 14.3 Å². The van der Waals surface area contributed by atoms with Gasteiger partial charge in [0.25, 0.3) is 5.91 Å². The molecule has 22 heavy (non-hydrogen) atoms. The van der Waals surface area contributed by atoms with Crippen molar-refractivity contribution in [3.8, 4) is 0 Å². The molecule has 1 amide bonds. The average Bonchev–Trinajstić information content (AvgIpc) is 2.92. The summed E-state index contributed by atoms with van der Waals surface area (Å²) < 4.78 is 2.87. The first kappa shape index (κ1) is 15.5. The maximum atomic E-state index is 13.1. The molecule has 0 aliphatic heterocycles. The Morgan fingerprint density at radius 3 is 2.77 bits per heavy atom. The molecule has 2 heterocycles. The molecule has 0 aromatic carbocycles. The van der Waals surface area contributed by atoms with Crippen LogP contribution in [0.25, 0.3) is 5.65 Å². The van der Waals surface area contributed by atoms with Gasteiger partial charge in [0.05, 0.1) is 5.69 Å². The van der Waals surface area contributed by atoms with Crippen molar-refractivity contribution in [3.05, 3.63) is 34.2 Å². The highest BCUT2D eigenvalue weighted by Gasteiger charge is 2.27. The van der Waals surface area contributed by atoms with Gasteiger partial charge in [0, 0.05) is 23.8 Å². The summed E-state index contributed by atoms with van der Waals surface area (Å²) in [6.45, 7) is 2.05. The lowest BCUT2D eigenvalue weighted by atomic mass is 9.94. The normalized spacial score (nSPS) is 16.1. The lowest BCUT2D eigenvalue weighted by molar-refractivity contribution is 0.0688. The van der Waals surface area contributed by atoms with E-state index in [-0.39, 0.29) is 5.91 Å². The zero-order valence-corrected chi connectivity index (χ0v) is 14.8. The number of hydrogen-bond donors (Lipinski definition) is 0. The molecule has 1 aliphatic rings. The Hall–Kier alpha value is -1.36. The van der Waals surface area contributed by atoms with E-state index in [4.69, 9.17) is 0 Å². The minimum absolute atomic E-state index is 0.0920. The Kier molecular flexibility index (Phi) is 4.52. The third kappa shape index (κ3) is 2.78. The minimum atomic E-state index is 0.0920. The Labute approximate surface area is 139 Å². The first-order valence-corrected chi connectivity index (χ1v) is 8.84. The predicted octanol–water partition coefficient (Wildman–Crippen LogP) is 4.06. The monoisotopic (exact) mass is 363 g/mol. The topological polar surface area (TPSA) is 37.6 Å². The molecule has 1 saturated carbocycles. The number of aromatic nitrogens is 2. The molecule has 3 rings (SSSR count). The van der Waals surface area contributed by atoms with Gasteiger partial charge in [0.15, 0.2) is 0 Å². The summed E-state index contributed by atoms with van der Waals surface area (Å²) in [7, 11) is 1.94. The predicted molar refractivity (Wildman–Crippen MR) is 91.2 cm³/mol. The van der Waals surface area contributed by atoms with Gasteiger partial charge < -0.3 is 4.90 Å². The van der Waals surface area contributed by atoms with Crippen molar-refractivity contribution in [2.45, 2.75) is 51.5 Å². The second kappa shape index (κ2) is 6.41. The third-order valence-corrected chi connectivity index (χ3v) is 5.10. The summed E-state index contributed by atoms with van der Waals surface area (Å²) in [4.78, 5) is 19.6. The number of amides is 1. The molecule has 118 valence electrons. The molecule has 2 aromatic heterocycles. The number of aryl methyl sites for hydroxylation is 1. The van der Waals surface area contributed by atoms with Crippen molar-refractivity contribution in [2.75, 3.05) is 7.05 Å². The first-order valence-electron chi connectivity index (χ1n) is 8.05. The van der Waals surface area contributed by atoms with Crippen LogP contribution in [0, 0.1) is 0 Å².